The summed E-state index contributed by atoms with van der Waals surface area (Å²) in [7, 11) is 1.74. The first-order valence-electron chi connectivity index (χ1n) is 9.49. The molecule has 0 fully saturated rings. The molecule has 0 saturated carbocycles. The van der Waals surface area contributed by atoms with Crippen LogP contribution >= 0.6 is 0 Å². The summed E-state index contributed by atoms with van der Waals surface area (Å²) in [6.07, 6.45) is 4.24. The molecule has 0 radical (unpaired) electrons. The first-order chi connectivity index (χ1) is 13.6. The van der Waals surface area contributed by atoms with E-state index < -0.39 is 0 Å². The Hall–Kier alpha value is -3.02. The first-order valence-corrected chi connectivity index (χ1v) is 9.49. The number of nitrogens with zero attached hydrogens (tertiary/aromatic N) is 2. The first kappa shape index (κ1) is 19.7. The standard InChI is InChI=1S/C22H27FN4O/c1-17(28-21-10-6-8-19(23)14-21)15-25-22(24-2)26-16-18-7-5-9-20(13-18)27-11-3-4-12-27/h3-10,13-14,17H,11-12,15-16H2,1-2H3,(H2,24,25,26). The molecule has 0 aromatic heterocycles. The molecule has 0 spiro atoms. The molecule has 2 N–H and O–H groups in total. The van der Waals surface area contributed by atoms with Crippen molar-refractivity contribution in [2.24, 2.45) is 4.99 Å². The van der Waals surface area contributed by atoms with Gasteiger partial charge in [0, 0.05) is 38.4 Å². The average molecular weight is 382 g/mol. The van der Waals surface area contributed by atoms with Crippen LogP contribution in [0.5, 0.6) is 5.75 Å². The van der Waals surface area contributed by atoms with E-state index in [-0.39, 0.29) is 11.9 Å². The van der Waals surface area contributed by atoms with Crippen molar-refractivity contribution in [1.82, 2.24) is 10.6 Å². The molecule has 28 heavy (non-hydrogen) atoms. The van der Waals surface area contributed by atoms with Crippen LogP contribution in [0.4, 0.5) is 10.1 Å². The van der Waals surface area contributed by atoms with E-state index in [1.165, 1.54) is 23.4 Å². The third-order valence-electron chi connectivity index (χ3n) is 4.47. The van der Waals surface area contributed by atoms with Gasteiger partial charge in [-0.25, -0.2) is 4.39 Å². The van der Waals surface area contributed by atoms with Gasteiger partial charge in [-0.05, 0) is 36.8 Å². The molecule has 148 valence electrons. The molecule has 1 unspecified atom stereocenters. The van der Waals surface area contributed by atoms with E-state index in [1.54, 1.807) is 19.2 Å². The quantitative estimate of drug-likeness (QED) is 0.438. The smallest absolute Gasteiger partial charge is 0.191 e. The summed E-state index contributed by atoms with van der Waals surface area (Å²) in [5.74, 6) is 0.912. The molecule has 0 amide bonds. The highest BCUT2D eigenvalue weighted by molar-refractivity contribution is 5.79. The molecular formula is C22H27FN4O. The Morgan fingerprint density at radius 3 is 2.68 bits per heavy atom. The summed E-state index contributed by atoms with van der Waals surface area (Å²) in [6, 6.07) is 14.7. The fraction of sp³-hybridized carbons (Fsp3) is 0.318. The molecule has 6 heteroatoms. The van der Waals surface area contributed by atoms with Crippen molar-refractivity contribution in [3.05, 3.63) is 72.1 Å². The molecule has 0 bridgehead atoms. The molecule has 5 nitrogen and oxygen atoms in total. The fourth-order valence-electron chi connectivity index (χ4n) is 3.01. The molecular weight excluding hydrogens is 355 g/mol. The van der Waals surface area contributed by atoms with E-state index in [0.717, 1.165) is 13.1 Å². The van der Waals surface area contributed by atoms with Crippen molar-refractivity contribution in [2.45, 2.75) is 19.6 Å². The Morgan fingerprint density at radius 2 is 1.93 bits per heavy atom. The summed E-state index contributed by atoms with van der Waals surface area (Å²) < 4.78 is 19.0. The maximum atomic E-state index is 13.2. The lowest BCUT2D eigenvalue weighted by atomic mass is 10.2. The zero-order valence-electron chi connectivity index (χ0n) is 16.4. The lowest BCUT2D eigenvalue weighted by molar-refractivity contribution is 0.223. The van der Waals surface area contributed by atoms with Gasteiger partial charge in [0.25, 0.3) is 0 Å². The highest BCUT2D eigenvalue weighted by Crippen LogP contribution is 2.18. The van der Waals surface area contributed by atoms with Gasteiger partial charge < -0.3 is 20.3 Å². The number of nitrogens with one attached hydrogen (secondary N) is 2. The maximum absolute atomic E-state index is 13.2. The number of anilines is 1. The normalized spacial score (nSPS) is 14.8. The Morgan fingerprint density at radius 1 is 1.14 bits per heavy atom. The minimum atomic E-state index is -0.304. The molecule has 1 aliphatic rings. The van der Waals surface area contributed by atoms with Crippen LogP contribution in [0, 0.1) is 5.82 Å². The van der Waals surface area contributed by atoms with E-state index in [1.807, 2.05) is 6.92 Å². The van der Waals surface area contributed by atoms with E-state index >= 15 is 0 Å². The number of halogens is 1. The third-order valence-corrected chi connectivity index (χ3v) is 4.47. The van der Waals surface area contributed by atoms with Crippen LogP contribution in [0.1, 0.15) is 12.5 Å². The second-order valence-corrected chi connectivity index (χ2v) is 6.74. The lowest BCUT2D eigenvalue weighted by Gasteiger charge is -2.19. The molecule has 1 heterocycles. The van der Waals surface area contributed by atoms with Gasteiger partial charge >= 0.3 is 0 Å². The number of rotatable bonds is 7. The van der Waals surface area contributed by atoms with Crippen LogP contribution in [-0.4, -0.2) is 38.7 Å². The van der Waals surface area contributed by atoms with Gasteiger partial charge in [-0.3, -0.25) is 4.99 Å². The Balaban J connectivity index is 1.46. The lowest BCUT2D eigenvalue weighted by Crippen LogP contribution is -2.41. The van der Waals surface area contributed by atoms with Gasteiger partial charge in [-0.1, -0.05) is 30.4 Å². The van der Waals surface area contributed by atoms with Gasteiger partial charge in [-0.2, -0.15) is 0 Å². The van der Waals surface area contributed by atoms with E-state index in [2.05, 4.69) is 56.9 Å². The highest BCUT2D eigenvalue weighted by atomic mass is 19.1. The zero-order valence-corrected chi connectivity index (χ0v) is 16.4. The summed E-state index contributed by atoms with van der Waals surface area (Å²) in [5.41, 5.74) is 2.42. The second-order valence-electron chi connectivity index (χ2n) is 6.74. The number of guanidine groups is 1. The minimum absolute atomic E-state index is 0.133. The summed E-state index contributed by atoms with van der Waals surface area (Å²) in [6.45, 7) is 5.08. The van der Waals surface area contributed by atoms with Gasteiger partial charge in [0.15, 0.2) is 5.96 Å². The number of ether oxygens (including phenoxy) is 1. The van der Waals surface area contributed by atoms with Gasteiger partial charge in [0.2, 0.25) is 0 Å². The maximum Gasteiger partial charge on any atom is 0.191 e. The van der Waals surface area contributed by atoms with Crippen molar-refractivity contribution in [3.8, 4) is 5.75 Å². The largest absolute Gasteiger partial charge is 0.489 e. The molecule has 0 aliphatic carbocycles. The molecule has 2 aromatic rings. The fourth-order valence-corrected chi connectivity index (χ4v) is 3.01. The van der Waals surface area contributed by atoms with Crippen LogP contribution in [-0.2, 0) is 6.54 Å². The van der Waals surface area contributed by atoms with Crippen LogP contribution in [0.25, 0.3) is 0 Å². The Bertz CT molecular complexity index is 829. The van der Waals surface area contributed by atoms with Gasteiger partial charge in [-0.15, -0.1) is 0 Å². The minimum Gasteiger partial charge on any atom is -0.489 e. The van der Waals surface area contributed by atoms with Crippen LogP contribution in [0.15, 0.2) is 65.7 Å². The Labute approximate surface area is 165 Å². The number of benzene rings is 2. The van der Waals surface area contributed by atoms with Crippen LogP contribution in [0.3, 0.4) is 0 Å². The van der Waals surface area contributed by atoms with Crippen LogP contribution in [0.2, 0.25) is 0 Å². The van der Waals surface area contributed by atoms with Crippen molar-refractivity contribution in [3.63, 3.8) is 0 Å². The highest BCUT2D eigenvalue weighted by Gasteiger charge is 2.09. The molecule has 1 aliphatic heterocycles. The number of hydrogen-bond donors (Lipinski definition) is 2. The predicted molar refractivity (Wildman–Crippen MR) is 112 cm³/mol. The zero-order chi connectivity index (χ0) is 19.8. The monoisotopic (exact) mass is 382 g/mol. The third kappa shape index (κ3) is 5.74. The molecule has 2 aromatic carbocycles. The van der Waals surface area contributed by atoms with E-state index in [4.69, 9.17) is 4.74 Å². The molecule has 3 rings (SSSR count). The molecule has 1 atom stereocenters. The summed E-state index contributed by atoms with van der Waals surface area (Å²) in [5, 5.41) is 6.56. The van der Waals surface area contributed by atoms with E-state index in [9.17, 15) is 4.39 Å². The van der Waals surface area contributed by atoms with Crippen LogP contribution < -0.4 is 20.3 Å². The topological polar surface area (TPSA) is 48.9 Å². The SMILES string of the molecule is CN=C(NCc1cccc(N2CC=CC2)c1)NCC(C)Oc1cccc(F)c1. The van der Waals surface area contributed by atoms with Crippen molar-refractivity contribution in [1.29, 1.82) is 0 Å². The molecule has 0 saturated heterocycles. The summed E-state index contributed by atoms with van der Waals surface area (Å²) >= 11 is 0. The Kier molecular flexibility index (Phi) is 6.89. The summed E-state index contributed by atoms with van der Waals surface area (Å²) in [4.78, 5) is 6.58. The van der Waals surface area contributed by atoms with Gasteiger partial charge in [0.1, 0.15) is 17.7 Å². The van der Waals surface area contributed by atoms with Crippen molar-refractivity contribution in [2.75, 3.05) is 31.6 Å². The van der Waals surface area contributed by atoms with Gasteiger partial charge in [0.05, 0.1) is 6.54 Å². The second kappa shape index (κ2) is 9.78. The van der Waals surface area contributed by atoms with Crippen molar-refractivity contribution < 1.29 is 9.13 Å². The predicted octanol–water partition coefficient (Wildman–Crippen LogP) is 3.33. The average Bonchev–Trinajstić information content (AvgIpc) is 3.23. The number of aliphatic imine (C=N–C) groups is 1. The van der Waals surface area contributed by atoms with Crippen molar-refractivity contribution >= 4 is 11.6 Å². The van der Waals surface area contributed by atoms with E-state index in [0.29, 0.717) is 24.8 Å². The number of hydrogen-bond acceptors (Lipinski definition) is 3.